The molecule has 1 saturated heterocycles. The van der Waals surface area contributed by atoms with Gasteiger partial charge >= 0.3 is 0 Å². The highest BCUT2D eigenvalue weighted by Crippen LogP contribution is 2.38. The Bertz CT molecular complexity index is 280. The van der Waals surface area contributed by atoms with Crippen molar-refractivity contribution in [2.45, 2.75) is 78.2 Å². The van der Waals surface area contributed by atoms with Gasteiger partial charge in [0.2, 0.25) is 0 Å². The fraction of sp³-hybridized carbons (Fsp3) is 1.00. The van der Waals surface area contributed by atoms with Crippen molar-refractivity contribution in [2.24, 2.45) is 23.0 Å². The minimum absolute atomic E-state index is 0.499. The molecule has 2 heteroatoms. The van der Waals surface area contributed by atoms with Crippen molar-refractivity contribution in [3.8, 4) is 0 Å². The minimum Gasteiger partial charge on any atom is -0.330 e. The molecule has 2 N–H and O–H groups in total. The summed E-state index contributed by atoms with van der Waals surface area (Å²) in [5.74, 6) is 1.80. The Hall–Kier alpha value is -0.0800. The van der Waals surface area contributed by atoms with Gasteiger partial charge in [-0.25, -0.2) is 0 Å². The van der Waals surface area contributed by atoms with Gasteiger partial charge in [0.05, 0.1) is 0 Å². The van der Waals surface area contributed by atoms with E-state index >= 15 is 0 Å². The number of rotatable bonds is 3. The molecule has 1 aliphatic heterocycles. The second-order valence-corrected chi connectivity index (χ2v) is 8.31. The van der Waals surface area contributed by atoms with Gasteiger partial charge in [-0.05, 0) is 75.3 Å². The Morgan fingerprint density at radius 3 is 2.50 bits per heavy atom. The number of nitrogens with two attached hydrogens (primary N) is 1. The molecule has 1 saturated carbocycles. The smallest absolute Gasteiger partial charge is 0.00954 e. The highest BCUT2D eigenvalue weighted by atomic mass is 15.2. The van der Waals surface area contributed by atoms with Crippen molar-refractivity contribution in [2.75, 3.05) is 19.6 Å². The Balaban J connectivity index is 1.86. The van der Waals surface area contributed by atoms with Crippen LogP contribution in [-0.4, -0.2) is 30.6 Å². The van der Waals surface area contributed by atoms with Gasteiger partial charge in [0, 0.05) is 12.6 Å². The van der Waals surface area contributed by atoms with Gasteiger partial charge in [-0.15, -0.1) is 0 Å². The zero-order chi connectivity index (χ0) is 14.6. The molecule has 0 amide bonds. The van der Waals surface area contributed by atoms with Crippen LogP contribution >= 0.6 is 0 Å². The fourth-order valence-corrected chi connectivity index (χ4v) is 4.41. The van der Waals surface area contributed by atoms with E-state index in [4.69, 9.17) is 5.73 Å². The summed E-state index contributed by atoms with van der Waals surface area (Å²) >= 11 is 0. The van der Waals surface area contributed by atoms with Crippen LogP contribution in [0.25, 0.3) is 0 Å². The van der Waals surface area contributed by atoms with Crippen LogP contribution in [0.4, 0.5) is 0 Å². The first-order valence-electron chi connectivity index (χ1n) is 8.95. The summed E-state index contributed by atoms with van der Waals surface area (Å²) < 4.78 is 0. The van der Waals surface area contributed by atoms with Crippen LogP contribution in [0.1, 0.15) is 72.1 Å². The third-order valence-electron chi connectivity index (χ3n) is 5.80. The SMILES string of the molecule is CC(C)(C)C1CCCC(N2CCCC(CCN)C2)CC1. The average Bonchev–Trinajstić information content (AvgIpc) is 2.64. The molecule has 118 valence electrons. The average molecular weight is 280 g/mol. The van der Waals surface area contributed by atoms with Gasteiger partial charge in [-0.3, -0.25) is 0 Å². The van der Waals surface area contributed by atoms with Gasteiger partial charge in [-0.2, -0.15) is 0 Å². The normalized spacial score (nSPS) is 33.9. The Morgan fingerprint density at radius 2 is 1.80 bits per heavy atom. The maximum atomic E-state index is 5.76. The monoisotopic (exact) mass is 280 g/mol. The molecule has 2 aliphatic rings. The van der Waals surface area contributed by atoms with Gasteiger partial charge in [-0.1, -0.05) is 27.2 Å². The molecular formula is C18H36N2. The maximum absolute atomic E-state index is 5.76. The molecule has 3 unspecified atom stereocenters. The van der Waals surface area contributed by atoms with Gasteiger partial charge in [0.1, 0.15) is 0 Å². The number of nitrogens with zero attached hydrogens (tertiary/aromatic N) is 1. The Morgan fingerprint density at radius 1 is 1.00 bits per heavy atom. The molecule has 1 heterocycles. The summed E-state index contributed by atoms with van der Waals surface area (Å²) in [6.07, 6.45) is 11.2. The summed E-state index contributed by atoms with van der Waals surface area (Å²) in [7, 11) is 0. The summed E-state index contributed by atoms with van der Waals surface area (Å²) in [5.41, 5.74) is 6.25. The molecule has 1 aliphatic carbocycles. The van der Waals surface area contributed by atoms with Crippen LogP contribution in [0.15, 0.2) is 0 Å². The van der Waals surface area contributed by atoms with Crippen molar-refractivity contribution < 1.29 is 0 Å². The van der Waals surface area contributed by atoms with Gasteiger partial charge in [0.25, 0.3) is 0 Å². The molecule has 2 fully saturated rings. The molecule has 0 bridgehead atoms. The number of hydrogen-bond donors (Lipinski definition) is 1. The Kier molecular flexibility index (Phi) is 5.92. The van der Waals surface area contributed by atoms with Gasteiger partial charge in [0.15, 0.2) is 0 Å². The second-order valence-electron chi connectivity index (χ2n) is 8.31. The van der Waals surface area contributed by atoms with Crippen LogP contribution in [-0.2, 0) is 0 Å². The zero-order valence-electron chi connectivity index (χ0n) is 14.0. The highest BCUT2D eigenvalue weighted by molar-refractivity contribution is 4.85. The van der Waals surface area contributed by atoms with Crippen molar-refractivity contribution in [3.63, 3.8) is 0 Å². The van der Waals surface area contributed by atoms with Crippen LogP contribution < -0.4 is 5.73 Å². The van der Waals surface area contributed by atoms with E-state index in [-0.39, 0.29) is 0 Å². The van der Waals surface area contributed by atoms with Crippen LogP contribution in [0.3, 0.4) is 0 Å². The molecule has 0 radical (unpaired) electrons. The molecule has 2 nitrogen and oxygen atoms in total. The standard InChI is InChI=1S/C18H36N2/c1-18(2,3)16-7-4-8-17(10-9-16)20-13-5-6-15(14-20)11-12-19/h15-17H,4-14,19H2,1-3H3. The molecule has 2 rings (SSSR count). The van der Waals surface area contributed by atoms with Crippen LogP contribution in [0.2, 0.25) is 0 Å². The molecule has 0 aromatic heterocycles. The molecule has 20 heavy (non-hydrogen) atoms. The second kappa shape index (κ2) is 7.26. The summed E-state index contributed by atoms with van der Waals surface area (Å²) in [5, 5.41) is 0. The quantitative estimate of drug-likeness (QED) is 0.791. The lowest BCUT2D eigenvalue weighted by Crippen LogP contribution is -2.43. The van der Waals surface area contributed by atoms with E-state index in [1.165, 1.54) is 64.5 Å². The maximum Gasteiger partial charge on any atom is 0.00954 e. The van der Waals surface area contributed by atoms with E-state index in [0.717, 1.165) is 24.4 Å². The van der Waals surface area contributed by atoms with E-state index in [2.05, 4.69) is 25.7 Å². The highest BCUT2D eigenvalue weighted by Gasteiger charge is 2.31. The zero-order valence-corrected chi connectivity index (χ0v) is 14.0. The fourth-order valence-electron chi connectivity index (χ4n) is 4.41. The molecule has 3 atom stereocenters. The first-order chi connectivity index (χ1) is 9.50. The van der Waals surface area contributed by atoms with Gasteiger partial charge < -0.3 is 10.6 Å². The predicted molar refractivity (Wildman–Crippen MR) is 87.8 cm³/mol. The summed E-state index contributed by atoms with van der Waals surface area (Å²) in [6, 6.07) is 0.864. The van der Waals surface area contributed by atoms with Crippen molar-refractivity contribution in [3.05, 3.63) is 0 Å². The topological polar surface area (TPSA) is 29.3 Å². The number of hydrogen-bond acceptors (Lipinski definition) is 2. The summed E-state index contributed by atoms with van der Waals surface area (Å²) in [4.78, 5) is 2.81. The lowest BCUT2D eigenvalue weighted by Gasteiger charge is -2.38. The van der Waals surface area contributed by atoms with Crippen molar-refractivity contribution in [1.82, 2.24) is 4.90 Å². The predicted octanol–water partition coefficient (Wildman–Crippen LogP) is 4.04. The lowest BCUT2D eigenvalue weighted by atomic mass is 9.76. The van der Waals surface area contributed by atoms with Crippen molar-refractivity contribution >= 4 is 0 Å². The third-order valence-corrected chi connectivity index (χ3v) is 5.80. The molecule has 0 aromatic carbocycles. The number of piperidine rings is 1. The minimum atomic E-state index is 0.499. The molecule has 0 aromatic rings. The van der Waals surface area contributed by atoms with E-state index in [0.29, 0.717) is 5.41 Å². The van der Waals surface area contributed by atoms with Crippen molar-refractivity contribution in [1.29, 1.82) is 0 Å². The number of likely N-dealkylation sites (tertiary alicyclic amines) is 1. The third kappa shape index (κ3) is 4.46. The van der Waals surface area contributed by atoms with Crippen LogP contribution in [0.5, 0.6) is 0 Å². The lowest BCUT2D eigenvalue weighted by molar-refractivity contribution is 0.107. The largest absolute Gasteiger partial charge is 0.330 e. The molecular weight excluding hydrogens is 244 g/mol. The molecule has 0 spiro atoms. The Labute approximate surface area is 126 Å². The van der Waals surface area contributed by atoms with Crippen LogP contribution in [0, 0.1) is 17.3 Å². The van der Waals surface area contributed by atoms with E-state index in [1.807, 2.05) is 0 Å². The summed E-state index contributed by atoms with van der Waals surface area (Å²) in [6.45, 7) is 10.8. The first-order valence-corrected chi connectivity index (χ1v) is 8.95. The van der Waals surface area contributed by atoms with E-state index in [9.17, 15) is 0 Å². The first kappa shape index (κ1) is 16.3. The van der Waals surface area contributed by atoms with E-state index in [1.54, 1.807) is 0 Å². The van der Waals surface area contributed by atoms with E-state index < -0.39 is 0 Å².